The molecule has 1 N–H and O–H groups in total. The summed E-state index contributed by atoms with van der Waals surface area (Å²) in [6.07, 6.45) is -0.568. The van der Waals surface area contributed by atoms with E-state index in [-0.39, 0.29) is 5.57 Å². The molecule has 23 heavy (non-hydrogen) atoms. The van der Waals surface area contributed by atoms with Crippen molar-refractivity contribution >= 4 is 22.3 Å². The van der Waals surface area contributed by atoms with Crippen LogP contribution in [0.5, 0.6) is 0 Å². The number of halogens is 3. The van der Waals surface area contributed by atoms with Crippen LogP contribution in [0.4, 0.5) is 13.2 Å². The van der Waals surface area contributed by atoms with E-state index in [2.05, 4.69) is 10.2 Å². The number of nitrogens with zero attached hydrogens (tertiary/aromatic N) is 1. The molecule has 0 radical (unpaired) electrons. The average Bonchev–Trinajstić information content (AvgIpc) is 3.15. The number of hydrogen-bond donors (Lipinski definition) is 1. The van der Waals surface area contributed by atoms with Crippen molar-refractivity contribution in [1.29, 1.82) is 0 Å². The number of rotatable bonds is 0. The van der Waals surface area contributed by atoms with Gasteiger partial charge in [-0.1, -0.05) is 6.07 Å². The standard InChI is InChI=1S/C17H13F3N2O/c18-17(19,20)14-13-9-1-2-12-11(7-21-22-12)10(9)6-16(13)4-3-8(5-16)15(14)23/h1-2,7-8H,3-6H2,(H,21,22). The summed E-state index contributed by atoms with van der Waals surface area (Å²) < 4.78 is 41.0. The molecular weight excluding hydrogens is 305 g/mol. The van der Waals surface area contributed by atoms with Crippen LogP contribution in [-0.4, -0.2) is 22.2 Å². The van der Waals surface area contributed by atoms with E-state index >= 15 is 0 Å². The third-order valence-corrected chi connectivity index (χ3v) is 5.81. The number of hydrogen-bond acceptors (Lipinski definition) is 2. The molecule has 3 aliphatic rings. The van der Waals surface area contributed by atoms with E-state index < -0.39 is 28.9 Å². The zero-order chi connectivity index (χ0) is 16.0. The molecule has 5 rings (SSSR count). The van der Waals surface area contributed by atoms with Crippen molar-refractivity contribution in [2.75, 3.05) is 0 Å². The molecule has 1 aromatic carbocycles. The first-order chi connectivity index (χ1) is 10.9. The fourth-order valence-corrected chi connectivity index (χ4v) is 4.96. The van der Waals surface area contributed by atoms with Gasteiger partial charge in [-0.25, -0.2) is 0 Å². The van der Waals surface area contributed by atoms with Crippen molar-refractivity contribution < 1.29 is 18.0 Å². The van der Waals surface area contributed by atoms with Crippen LogP contribution in [0.1, 0.15) is 30.4 Å². The molecule has 0 saturated heterocycles. The summed E-state index contributed by atoms with van der Waals surface area (Å²) in [5.41, 5.74) is 1.17. The summed E-state index contributed by atoms with van der Waals surface area (Å²) in [4.78, 5) is 12.4. The molecule has 2 aromatic rings. The number of aromatic amines is 1. The number of H-pyrrole nitrogens is 1. The Morgan fingerprint density at radius 2 is 2.13 bits per heavy atom. The van der Waals surface area contributed by atoms with Gasteiger partial charge in [0.15, 0.2) is 5.78 Å². The predicted molar refractivity (Wildman–Crippen MR) is 77.6 cm³/mol. The van der Waals surface area contributed by atoms with Crippen molar-refractivity contribution in [3.05, 3.63) is 35.0 Å². The number of benzene rings is 1. The van der Waals surface area contributed by atoms with Crippen molar-refractivity contribution in [1.82, 2.24) is 10.2 Å². The Hall–Kier alpha value is -2.11. The van der Waals surface area contributed by atoms with Crippen molar-refractivity contribution in [3.63, 3.8) is 0 Å². The van der Waals surface area contributed by atoms with Gasteiger partial charge >= 0.3 is 6.18 Å². The van der Waals surface area contributed by atoms with E-state index in [4.69, 9.17) is 0 Å². The number of nitrogens with one attached hydrogen (secondary N) is 1. The van der Waals surface area contributed by atoms with Gasteiger partial charge in [-0.2, -0.15) is 18.3 Å². The fraction of sp³-hybridized carbons (Fsp3) is 0.412. The van der Waals surface area contributed by atoms with Gasteiger partial charge in [0.1, 0.15) is 5.57 Å². The lowest BCUT2D eigenvalue weighted by atomic mass is 9.71. The van der Waals surface area contributed by atoms with Gasteiger partial charge in [0, 0.05) is 16.7 Å². The topological polar surface area (TPSA) is 45.8 Å². The van der Waals surface area contributed by atoms with Gasteiger partial charge in [0.05, 0.1) is 11.7 Å². The van der Waals surface area contributed by atoms with Crippen LogP contribution in [0.2, 0.25) is 0 Å². The van der Waals surface area contributed by atoms with E-state index in [1.165, 1.54) is 0 Å². The molecule has 2 bridgehead atoms. The molecule has 1 fully saturated rings. The zero-order valence-corrected chi connectivity index (χ0v) is 12.1. The first-order valence-electron chi connectivity index (χ1n) is 7.72. The molecule has 3 aliphatic carbocycles. The first-order valence-corrected chi connectivity index (χ1v) is 7.72. The highest BCUT2D eigenvalue weighted by Crippen LogP contribution is 2.64. The van der Waals surface area contributed by atoms with Crippen LogP contribution in [0.3, 0.4) is 0 Å². The Morgan fingerprint density at radius 1 is 1.30 bits per heavy atom. The number of aromatic nitrogens is 2. The van der Waals surface area contributed by atoms with Gasteiger partial charge in [-0.15, -0.1) is 0 Å². The Morgan fingerprint density at radius 3 is 2.91 bits per heavy atom. The number of carbonyl (C=O) groups is 1. The zero-order valence-electron chi connectivity index (χ0n) is 12.1. The van der Waals surface area contributed by atoms with E-state index in [9.17, 15) is 18.0 Å². The first kappa shape index (κ1) is 13.3. The molecule has 3 nitrogen and oxygen atoms in total. The van der Waals surface area contributed by atoms with Gasteiger partial charge < -0.3 is 0 Å². The fourth-order valence-electron chi connectivity index (χ4n) is 4.96. The minimum Gasteiger partial charge on any atom is -0.294 e. The SMILES string of the molecule is O=C1C(C(F)(F)F)=C2c3ccc4[nH]ncc4c3CC23CCC1C3. The van der Waals surface area contributed by atoms with E-state index in [1.54, 1.807) is 18.3 Å². The molecule has 2 atom stereocenters. The highest BCUT2D eigenvalue weighted by Gasteiger charge is 2.59. The van der Waals surface area contributed by atoms with E-state index in [1.807, 2.05) is 0 Å². The lowest BCUT2D eigenvalue weighted by molar-refractivity contribution is -0.132. The minimum absolute atomic E-state index is 0.252. The molecule has 1 heterocycles. The van der Waals surface area contributed by atoms with Gasteiger partial charge in [-0.05, 0) is 48.4 Å². The second-order valence-corrected chi connectivity index (χ2v) is 6.93. The summed E-state index contributed by atoms with van der Waals surface area (Å²) >= 11 is 0. The van der Waals surface area contributed by atoms with Crippen molar-refractivity contribution in [3.8, 4) is 0 Å². The highest BCUT2D eigenvalue weighted by atomic mass is 19.4. The Bertz CT molecular complexity index is 908. The maximum atomic E-state index is 13.7. The number of Topliss-reactive ketones (excluding diaryl/α,β-unsaturated/α-hetero) is 1. The number of carbonyl (C=O) groups excluding carboxylic acids is 1. The summed E-state index contributed by atoms with van der Waals surface area (Å²) in [6.45, 7) is 0. The molecule has 6 heteroatoms. The van der Waals surface area contributed by atoms with Crippen molar-refractivity contribution in [2.24, 2.45) is 11.3 Å². The van der Waals surface area contributed by atoms with Crippen LogP contribution in [0.15, 0.2) is 23.9 Å². The number of ketones is 1. The lowest BCUT2D eigenvalue weighted by Gasteiger charge is -2.33. The van der Waals surface area contributed by atoms with Gasteiger partial charge in [-0.3, -0.25) is 9.89 Å². The smallest absolute Gasteiger partial charge is 0.294 e. The molecule has 118 valence electrons. The van der Waals surface area contributed by atoms with Crippen LogP contribution in [0.25, 0.3) is 16.5 Å². The van der Waals surface area contributed by atoms with Gasteiger partial charge in [0.2, 0.25) is 0 Å². The largest absolute Gasteiger partial charge is 0.420 e. The second kappa shape index (κ2) is 3.86. The molecule has 0 amide bonds. The van der Waals surface area contributed by atoms with Crippen LogP contribution < -0.4 is 0 Å². The van der Waals surface area contributed by atoms with E-state index in [0.29, 0.717) is 31.2 Å². The monoisotopic (exact) mass is 318 g/mol. The molecular formula is C17H13F3N2O. The average molecular weight is 318 g/mol. The van der Waals surface area contributed by atoms with Gasteiger partial charge in [0.25, 0.3) is 0 Å². The van der Waals surface area contributed by atoms with E-state index in [0.717, 1.165) is 16.5 Å². The minimum atomic E-state index is -4.59. The number of alkyl halides is 3. The Balaban J connectivity index is 1.89. The molecule has 1 spiro atoms. The molecule has 1 saturated carbocycles. The number of allylic oxidation sites excluding steroid dienone is 2. The van der Waals surface area contributed by atoms with Crippen LogP contribution in [0, 0.1) is 11.3 Å². The summed E-state index contributed by atoms with van der Waals surface area (Å²) in [5, 5.41) is 7.75. The molecule has 2 unspecified atom stereocenters. The predicted octanol–water partition coefficient (Wildman–Crippen LogP) is 3.80. The van der Waals surface area contributed by atoms with Crippen LogP contribution >= 0.6 is 0 Å². The Kier molecular flexibility index (Phi) is 2.24. The highest BCUT2D eigenvalue weighted by molar-refractivity contribution is 6.10. The maximum absolute atomic E-state index is 13.7. The molecule has 0 aliphatic heterocycles. The lowest BCUT2D eigenvalue weighted by Crippen LogP contribution is -2.34. The number of fused-ring (bicyclic) bond motifs is 5. The van der Waals surface area contributed by atoms with Crippen LogP contribution in [-0.2, 0) is 11.2 Å². The molecule has 1 aromatic heterocycles. The maximum Gasteiger partial charge on any atom is 0.420 e. The van der Waals surface area contributed by atoms with Crippen molar-refractivity contribution in [2.45, 2.75) is 31.9 Å². The third-order valence-electron chi connectivity index (χ3n) is 5.81. The third kappa shape index (κ3) is 1.51. The Labute approximate surface area is 129 Å². The second-order valence-electron chi connectivity index (χ2n) is 6.93. The summed E-state index contributed by atoms with van der Waals surface area (Å²) in [5.74, 6) is -1.18. The quantitative estimate of drug-likeness (QED) is 0.803. The normalized spacial score (nSPS) is 29.3. The summed E-state index contributed by atoms with van der Waals surface area (Å²) in [7, 11) is 0. The summed E-state index contributed by atoms with van der Waals surface area (Å²) in [6, 6.07) is 3.48.